The minimum absolute atomic E-state index is 0.0429. The fourth-order valence-corrected chi connectivity index (χ4v) is 2.86. The molecule has 0 spiro atoms. The van der Waals surface area contributed by atoms with Gasteiger partial charge in [0.1, 0.15) is 11.6 Å². The first kappa shape index (κ1) is 13.3. The van der Waals surface area contributed by atoms with Gasteiger partial charge in [-0.2, -0.15) is 0 Å². The Hall–Kier alpha value is -1.09. The molecule has 0 heterocycles. The minimum atomic E-state index is -0.288. The highest BCUT2D eigenvalue weighted by Gasteiger charge is 2.21. The Balaban J connectivity index is 2.04. The molecule has 3 heteroatoms. The molecule has 1 saturated carbocycles. The van der Waals surface area contributed by atoms with Crippen LogP contribution in [0.2, 0.25) is 0 Å². The van der Waals surface area contributed by atoms with Gasteiger partial charge in [-0.25, -0.2) is 4.39 Å². The third-order valence-corrected chi connectivity index (χ3v) is 4.12. The lowest BCUT2D eigenvalue weighted by molar-refractivity contribution is 0.217. The average Bonchev–Trinajstić information content (AvgIpc) is 2.84. The van der Waals surface area contributed by atoms with Crippen LogP contribution in [0, 0.1) is 11.7 Å². The highest BCUT2D eigenvalue weighted by atomic mass is 19.1. The van der Waals surface area contributed by atoms with Gasteiger partial charge in [0, 0.05) is 18.2 Å². The monoisotopic (exact) mass is 251 g/mol. The van der Waals surface area contributed by atoms with Crippen LogP contribution >= 0.6 is 0 Å². The van der Waals surface area contributed by atoms with Crippen LogP contribution < -0.4 is 0 Å². The van der Waals surface area contributed by atoms with Crippen molar-refractivity contribution in [2.45, 2.75) is 38.6 Å². The number of phenolic OH excluding ortho intramolecular Hbond substituents is 1. The van der Waals surface area contributed by atoms with Crippen molar-refractivity contribution >= 4 is 0 Å². The molecule has 1 atom stereocenters. The van der Waals surface area contributed by atoms with Gasteiger partial charge in [-0.3, -0.25) is 4.90 Å². The minimum Gasteiger partial charge on any atom is -0.508 e. The number of hydrogen-bond donors (Lipinski definition) is 1. The van der Waals surface area contributed by atoms with E-state index in [4.69, 9.17) is 0 Å². The van der Waals surface area contributed by atoms with Crippen LogP contribution in [0.25, 0.3) is 0 Å². The van der Waals surface area contributed by atoms with Crippen LogP contribution in [0.5, 0.6) is 5.75 Å². The van der Waals surface area contributed by atoms with Crippen molar-refractivity contribution in [2.75, 3.05) is 13.6 Å². The molecule has 1 aromatic rings. The Morgan fingerprint density at radius 3 is 2.72 bits per heavy atom. The van der Waals surface area contributed by atoms with E-state index in [1.165, 1.54) is 43.9 Å². The van der Waals surface area contributed by atoms with Gasteiger partial charge < -0.3 is 5.11 Å². The molecule has 1 unspecified atom stereocenters. The maximum atomic E-state index is 13.2. The predicted octanol–water partition coefficient (Wildman–Crippen LogP) is 3.71. The van der Waals surface area contributed by atoms with Gasteiger partial charge in [0.2, 0.25) is 0 Å². The fraction of sp³-hybridized carbons (Fsp3) is 0.600. The summed E-state index contributed by atoms with van der Waals surface area (Å²) in [6.07, 6.45) is 5.26. The van der Waals surface area contributed by atoms with E-state index in [1.807, 2.05) is 14.0 Å². The van der Waals surface area contributed by atoms with Crippen LogP contribution in [0.4, 0.5) is 4.39 Å². The summed E-state index contributed by atoms with van der Waals surface area (Å²) in [4.78, 5) is 2.21. The van der Waals surface area contributed by atoms with Gasteiger partial charge in [0.25, 0.3) is 0 Å². The van der Waals surface area contributed by atoms with Crippen molar-refractivity contribution in [2.24, 2.45) is 5.92 Å². The van der Waals surface area contributed by atoms with Crippen molar-refractivity contribution in [3.63, 3.8) is 0 Å². The number of benzene rings is 1. The maximum Gasteiger partial charge on any atom is 0.123 e. The summed E-state index contributed by atoms with van der Waals surface area (Å²) in [7, 11) is 2.05. The molecule has 1 fully saturated rings. The first-order valence-corrected chi connectivity index (χ1v) is 6.76. The third kappa shape index (κ3) is 3.02. The molecule has 0 amide bonds. The number of halogens is 1. The molecular weight excluding hydrogens is 229 g/mol. The molecule has 0 aliphatic heterocycles. The molecule has 2 rings (SSSR count). The van der Waals surface area contributed by atoms with Gasteiger partial charge in [-0.15, -0.1) is 0 Å². The van der Waals surface area contributed by atoms with Crippen LogP contribution in [0.15, 0.2) is 18.2 Å². The molecule has 18 heavy (non-hydrogen) atoms. The van der Waals surface area contributed by atoms with E-state index in [0.717, 1.165) is 12.5 Å². The van der Waals surface area contributed by atoms with E-state index in [9.17, 15) is 9.50 Å². The predicted molar refractivity (Wildman–Crippen MR) is 71.1 cm³/mol. The van der Waals surface area contributed by atoms with Gasteiger partial charge in [0.05, 0.1) is 0 Å². The topological polar surface area (TPSA) is 23.5 Å². The molecule has 100 valence electrons. The Labute approximate surface area is 108 Å². The summed E-state index contributed by atoms with van der Waals surface area (Å²) >= 11 is 0. The van der Waals surface area contributed by atoms with E-state index in [0.29, 0.717) is 5.56 Å². The van der Waals surface area contributed by atoms with E-state index < -0.39 is 0 Å². The Bertz CT molecular complexity index is 401. The Morgan fingerprint density at radius 1 is 1.39 bits per heavy atom. The standard InChI is InChI=1S/C15H22FNO/c1-11(14-9-13(16)7-8-15(14)18)17(2)10-12-5-3-4-6-12/h7-9,11-12,18H,3-6,10H2,1-2H3. The number of hydrogen-bond acceptors (Lipinski definition) is 2. The SMILES string of the molecule is CC(c1cc(F)ccc1O)N(C)CC1CCCC1. The second-order valence-corrected chi connectivity index (χ2v) is 5.47. The van der Waals surface area contributed by atoms with Crippen molar-refractivity contribution in [3.8, 4) is 5.75 Å². The van der Waals surface area contributed by atoms with Crippen molar-refractivity contribution < 1.29 is 9.50 Å². The maximum absolute atomic E-state index is 13.2. The smallest absolute Gasteiger partial charge is 0.123 e. The molecule has 2 nitrogen and oxygen atoms in total. The lowest BCUT2D eigenvalue weighted by atomic mass is 10.0. The van der Waals surface area contributed by atoms with Gasteiger partial charge >= 0.3 is 0 Å². The van der Waals surface area contributed by atoms with Crippen molar-refractivity contribution in [3.05, 3.63) is 29.6 Å². The molecule has 0 aromatic heterocycles. The van der Waals surface area contributed by atoms with Gasteiger partial charge in [-0.05, 0) is 50.9 Å². The van der Waals surface area contributed by atoms with Crippen molar-refractivity contribution in [1.29, 1.82) is 0 Å². The number of rotatable bonds is 4. The molecular formula is C15H22FNO. The zero-order chi connectivity index (χ0) is 13.1. The molecule has 1 aliphatic rings. The third-order valence-electron chi connectivity index (χ3n) is 4.12. The first-order valence-electron chi connectivity index (χ1n) is 6.76. The molecule has 0 saturated heterocycles. The number of aromatic hydroxyl groups is 1. The number of phenols is 1. The van der Waals surface area contributed by atoms with Gasteiger partial charge in [-0.1, -0.05) is 12.8 Å². The molecule has 1 aliphatic carbocycles. The fourth-order valence-electron chi connectivity index (χ4n) is 2.86. The molecule has 1 N–H and O–H groups in total. The van der Waals surface area contributed by atoms with Crippen LogP contribution in [-0.4, -0.2) is 23.6 Å². The van der Waals surface area contributed by atoms with Crippen LogP contribution in [0.1, 0.15) is 44.2 Å². The Morgan fingerprint density at radius 2 is 2.06 bits per heavy atom. The summed E-state index contributed by atoms with van der Waals surface area (Å²) in [5.74, 6) is 0.652. The highest BCUT2D eigenvalue weighted by molar-refractivity contribution is 5.34. The summed E-state index contributed by atoms with van der Waals surface area (Å²) in [5, 5.41) is 9.82. The van der Waals surface area contributed by atoms with Crippen LogP contribution in [-0.2, 0) is 0 Å². The first-order chi connectivity index (χ1) is 8.58. The second-order valence-electron chi connectivity index (χ2n) is 5.47. The number of nitrogens with zero attached hydrogens (tertiary/aromatic N) is 1. The summed E-state index contributed by atoms with van der Waals surface area (Å²) in [6.45, 7) is 3.04. The normalized spacial score (nSPS) is 18.4. The highest BCUT2D eigenvalue weighted by Crippen LogP contribution is 2.31. The summed E-state index contributed by atoms with van der Waals surface area (Å²) in [5.41, 5.74) is 0.676. The second kappa shape index (κ2) is 5.70. The van der Waals surface area contributed by atoms with Gasteiger partial charge in [0.15, 0.2) is 0 Å². The van der Waals surface area contributed by atoms with E-state index in [-0.39, 0.29) is 17.6 Å². The lowest BCUT2D eigenvalue weighted by Crippen LogP contribution is -2.27. The largest absolute Gasteiger partial charge is 0.508 e. The van der Waals surface area contributed by atoms with E-state index in [2.05, 4.69) is 4.90 Å². The van der Waals surface area contributed by atoms with E-state index in [1.54, 1.807) is 0 Å². The zero-order valence-electron chi connectivity index (χ0n) is 11.2. The van der Waals surface area contributed by atoms with Crippen molar-refractivity contribution in [1.82, 2.24) is 4.90 Å². The Kier molecular flexibility index (Phi) is 4.23. The summed E-state index contributed by atoms with van der Waals surface area (Å²) < 4.78 is 13.2. The average molecular weight is 251 g/mol. The van der Waals surface area contributed by atoms with Crippen LogP contribution in [0.3, 0.4) is 0 Å². The lowest BCUT2D eigenvalue weighted by Gasteiger charge is -2.28. The summed E-state index contributed by atoms with van der Waals surface area (Å²) in [6, 6.07) is 4.21. The molecule has 1 aromatic carbocycles. The van der Waals surface area contributed by atoms with E-state index >= 15 is 0 Å². The quantitative estimate of drug-likeness (QED) is 0.881. The molecule has 0 radical (unpaired) electrons. The zero-order valence-corrected chi connectivity index (χ0v) is 11.2. The molecule has 0 bridgehead atoms.